The molecule has 1 aliphatic rings. The first-order chi connectivity index (χ1) is 12.6. The van der Waals surface area contributed by atoms with Crippen molar-refractivity contribution in [2.45, 2.75) is 33.6 Å². The molecule has 0 heterocycles. The fourth-order valence-electron chi connectivity index (χ4n) is 2.78. The minimum atomic E-state index is 0. The Bertz CT molecular complexity index is 604. The van der Waals surface area contributed by atoms with Gasteiger partial charge in [-0.2, -0.15) is 0 Å². The highest BCUT2D eigenvalue weighted by molar-refractivity contribution is 14.0. The summed E-state index contributed by atoms with van der Waals surface area (Å²) in [6.45, 7) is 11.0. The Morgan fingerprint density at radius 1 is 1.19 bits per heavy atom. The Morgan fingerprint density at radius 3 is 2.59 bits per heavy atom. The Labute approximate surface area is 180 Å². The minimum absolute atomic E-state index is 0. The number of amides is 1. The second-order valence-corrected chi connectivity index (χ2v) is 6.67. The average Bonchev–Trinajstić information content (AvgIpc) is 3.47. The number of guanidine groups is 1. The molecular formula is C20H34IN5O. The number of aryl methyl sites for hydroxylation is 1. The van der Waals surface area contributed by atoms with E-state index in [4.69, 9.17) is 0 Å². The van der Waals surface area contributed by atoms with E-state index in [-0.39, 0.29) is 35.8 Å². The number of anilines is 1. The van der Waals surface area contributed by atoms with E-state index >= 15 is 0 Å². The number of halogens is 1. The number of hydrogen-bond donors (Lipinski definition) is 3. The summed E-state index contributed by atoms with van der Waals surface area (Å²) in [5, 5.41) is 9.57. The molecule has 0 spiro atoms. The molecule has 0 saturated heterocycles. The van der Waals surface area contributed by atoms with Gasteiger partial charge in [-0.1, -0.05) is 12.1 Å². The van der Waals surface area contributed by atoms with Gasteiger partial charge in [-0.3, -0.25) is 9.79 Å². The van der Waals surface area contributed by atoms with Crippen molar-refractivity contribution >= 4 is 41.5 Å². The van der Waals surface area contributed by atoms with Gasteiger partial charge in [0, 0.05) is 44.3 Å². The Balaban J connectivity index is 0.00000364. The first-order valence-electron chi connectivity index (χ1n) is 9.75. The van der Waals surface area contributed by atoms with Gasteiger partial charge in [0.1, 0.15) is 0 Å². The number of benzene rings is 1. The van der Waals surface area contributed by atoms with Gasteiger partial charge in [-0.05, 0) is 51.3 Å². The molecule has 3 N–H and O–H groups in total. The lowest BCUT2D eigenvalue weighted by Crippen LogP contribution is -2.42. The third kappa shape index (κ3) is 8.81. The fraction of sp³-hybridized carbons (Fsp3) is 0.600. The summed E-state index contributed by atoms with van der Waals surface area (Å²) in [6, 6.07) is 8.58. The van der Waals surface area contributed by atoms with E-state index < -0.39 is 0 Å². The van der Waals surface area contributed by atoms with Crippen molar-refractivity contribution in [2.75, 3.05) is 44.2 Å². The first kappa shape index (κ1) is 23.5. The summed E-state index contributed by atoms with van der Waals surface area (Å²) in [7, 11) is 0. The predicted molar refractivity (Wildman–Crippen MR) is 124 cm³/mol. The lowest BCUT2D eigenvalue weighted by molar-refractivity contribution is -0.122. The molecule has 0 aliphatic heterocycles. The van der Waals surface area contributed by atoms with E-state index in [1.165, 1.54) is 11.3 Å². The average molecular weight is 487 g/mol. The van der Waals surface area contributed by atoms with E-state index in [9.17, 15) is 4.79 Å². The Hall–Kier alpha value is -1.51. The molecule has 7 heteroatoms. The molecule has 1 aromatic rings. The summed E-state index contributed by atoms with van der Waals surface area (Å²) >= 11 is 0. The van der Waals surface area contributed by atoms with Crippen molar-refractivity contribution in [3.05, 3.63) is 29.8 Å². The zero-order chi connectivity index (χ0) is 18.8. The molecule has 1 fully saturated rings. The summed E-state index contributed by atoms with van der Waals surface area (Å²) in [4.78, 5) is 18.5. The zero-order valence-corrected chi connectivity index (χ0v) is 19.1. The number of aliphatic imine (C=N–C) groups is 1. The predicted octanol–water partition coefficient (Wildman–Crippen LogP) is 2.52. The van der Waals surface area contributed by atoms with Crippen LogP contribution in [0.2, 0.25) is 0 Å². The lowest BCUT2D eigenvalue weighted by atomic mass is 10.2. The van der Waals surface area contributed by atoms with Gasteiger partial charge in [-0.15, -0.1) is 24.0 Å². The molecule has 1 aliphatic carbocycles. The van der Waals surface area contributed by atoms with Gasteiger partial charge in [0.05, 0.1) is 6.54 Å². The van der Waals surface area contributed by atoms with Crippen LogP contribution in [0.25, 0.3) is 0 Å². The summed E-state index contributed by atoms with van der Waals surface area (Å²) in [5.74, 6) is 1.23. The van der Waals surface area contributed by atoms with Crippen LogP contribution < -0.4 is 20.9 Å². The highest BCUT2D eigenvalue weighted by Crippen LogP contribution is 2.28. The molecule has 0 unspecified atom stereocenters. The largest absolute Gasteiger partial charge is 0.370 e. The van der Waals surface area contributed by atoms with Gasteiger partial charge >= 0.3 is 0 Å². The van der Waals surface area contributed by atoms with Gasteiger partial charge in [-0.25, -0.2) is 0 Å². The number of carbonyl (C=O) groups excluding carboxylic acids is 1. The molecule has 1 saturated carbocycles. The van der Waals surface area contributed by atoms with Crippen molar-refractivity contribution < 1.29 is 4.79 Å². The maximum atomic E-state index is 11.6. The van der Waals surface area contributed by atoms with Crippen LogP contribution >= 0.6 is 24.0 Å². The van der Waals surface area contributed by atoms with Crippen molar-refractivity contribution in [1.82, 2.24) is 16.0 Å². The van der Waals surface area contributed by atoms with Gasteiger partial charge in [0.15, 0.2) is 5.96 Å². The molecule has 1 amide bonds. The number of carbonyl (C=O) groups is 1. The molecule has 27 heavy (non-hydrogen) atoms. The molecule has 0 atom stereocenters. The van der Waals surface area contributed by atoms with Crippen LogP contribution in [0.3, 0.4) is 0 Å². The highest BCUT2D eigenvalue weighted by Gasteiger charge is 2.28. The van der Waals surface area contributed by atoms with E-state index in [0.717, 1.165) is 45.0 Å². The molecule has 0 bridgehead atoms. The number of nitrogens with one attached hydrogen (secondary N) is 3. The second kappa shape index (κ2) is 12.8. The number of nitrogens with zero attached hydrogens (tertiary/aromatic N) is 2. The lowest BCUT2D eigenvalue weighted by Gasteiger charge is -2.24. The van der Waals surface area contributed by atoms with Crippen LogP contribution in [0.1, 0.15) is 32.3 Å². The molecule has 2 rings (SSSR count). The maximum absolute atomic E-state index is 11.6. The van der Waals surface area contributed by atoms with E-state index in [1.54, 1.807) is 0 Å². The first-order valence-corrected chi connectivity index (χ1v) is 9.75. The van der Waals surface area contributed by atoms with Crippen LogP contribution in [0, 0.1) is 12.8 Å². The SMILES string of the molecule is CCNC(=NCCNC(=O)C1CC1)NCCN(CC)c1cccc(C)c1.I. The summed E-state index contributed by atoms with van der Waals surface area (Å²) < 4.78 is 0. The minimum Gasteiger partial charge on any atom is -0.370 e. The Kier molecular flexibility index (Phi) is 11.2. The topological polar surface area (TPSA) is 68.8 Å². The fourth-order valence-corrected chi connectivity index (χ4v) is 2.78. The van der Waals surface area contributed by atoms with Crippen LogP contribution in [0.15, 0.2) is 29.3 Å². The van der Waals surface area contributed by atoms with Gasteiger partial charge in [0.2, 0.25) is 5.91 Å². The standard InChI is InChI=1S/C20H33N5O.HI/c1-4-21-20(23-12-11-22-19(26)17-9-10-17)24-13-14-25(5-2)18-8-6-7-16(3)15-18;/h6-8,15,17H,4-5,9-14H2,1-3H3,(H,22,26)(H2,21,23,24);1H. The van der Waals surface area contributed by atoms with Crippen molar-refractivity contribution in [2.24, 2.45) is 10.9 Å². The quantitative estimate of drug-likeness (QED) is 0.205. The van der Waals surface area contributed by atoms with E-state index in [0.29, 0.717) is 13.1 Å². The maximum Gasteiger partial charge on any atom is 0.223 e. The highest BCUT2D eigenvalue weighted by atomic mass is 127. The molecule has 6 nitrogen and oxygen atoms in total. The number of likely N-dealkylation sites (N-methyl/N-ethyl adjacent to an activating group) is 1. The van der Waals surface area contributed by atoms with Gasteiger partial charge < -0.3 is 20.9 Å². The third-order valence-electron chi connectivity index (χ3n) is 4.40. The van der Waals surface area contributed by atoms with Crippen LogP contribution in [0.4, 0.5) is 5.69 Å². The van der Waals surface area contributed by atoms with E-state index in [2.05, 4.69) is 70.9 Å². The summed E-state index contributed by atoms with van der Waals surface area (Å²) in [6.07, 6.45) is 2.07. The molecule has 0 radical (unpaired) electrons. The zero-order valence-electron chi connectivity index (χ0n) is 16.8. The normalized spacial score (nSPS) is 13.5. The number of hydrogen-bond acceptors (Lipinski definition) is 3. The third-order valence-corrected chi connectivity index (χ3v) is 4.40. The molecular weight excluding hydrogens is 453 g/mol. The summed E-state index contributed by atoms with van der Waals surface area (Å²) in [5.41, 5.74) is 2.52. The van der Waals surface area contributed by atoms with Crippen molar-refractivity contribution in [3.8, 4) is 0 Å². The number of rotatable bonds is 10. The van der Waals surface area contributed by atoms with Crippen LogP contribution in [-0.4, -0.2) is 51.1 Å². The van der Waals surface area contributed by atoms with E-state index in [1.807, 2.05) is 0 Å². The van der Waals surface area contributed by atoms with Gasteiger partial charge in [0.25, 0.3) is 0 Å². The van der Waals surface area contributed by atoms with Crippen LogP contribution in [0.5, 0.6) is 0 Å². The molecule has 0 aromatic heterocycles. The Morgan fingerprint density at radius 2 is 1.96 bits per heavy atom. The van der Waals surface area contributed by atoms with Crippen LogP contribution in [-0.2, 0) is 4.79 Å². The van der Waals surface area contributed by atoms with Crippen molar-refractivity contribution in [1.29, 1.82) is 0 Å². The van der Waals surface area contributed by atoms with Crippen molar-refractivity contribution in [3.63, 3.8) is 0 Å². The monoisotopic (exact) mass is 487 g/mol. The second-order valence-electron chi connectivity index (χ2n) is 6.67. The molecule has 152 valence electrons. The molecule has 1 aromatic carbocycles. The smallest absolute Gasteiger partial charge is 0.223 e.